The van der Waals surface area contributed by atoms with Gasteiger partial charge in [-0.2, -0.15) is 5.11 Å². The molecule has 3 nitrogen and oxygen atoms in total. The monoisotopic (exact) mass is 438 g/mol. The molecule has 0 saturated heterocycles. The molecule has 0 amide bonds. The number of methoxy groups -OCH3 is 1. The molecule has 4 rings (SSSR count). The van der Waals surface area contributed by atoms with Gasteiger partial charge in [0, 0.05) is 11.1 Å². The largest absolute Gasteiger partial charge is 0.497 e. The molecule has 0 spiro atoms. The third-order valence-electron chi connectivity index (χ3n) is 5.77. The van der Waals surface area contributed by atoms with E-state index in [4.69, 9.17) is 4.74 Å². The highest BCUT2D eigenvalue weighted by Crippen LogP contribution is 2.32. The molecule has 3 aromatic carbocycles. The van der Waals surface area contributed by atoms with E-state index in [1.807, 2.05) is 0 Å². The highest BCUT2D eigenvalue weighted by molar-refractivity contribution is 5.70. The fourth-order valence-electron chi connectivity index (χ4n) is 4.09. The first-order chi connectivity index (χ1) is 16.1. The number of rotatable bonds is 6. The number of halogens is 1. The Balaban J connectivity index is 1.54. The topological polar surface area (TPSA) is 34.0 Å². The zero-order valence-corrected chi connectivity index (χ0v) is 19.3. The lowest BCUT2D eigenvalue weighted by molar-refractivity contribution is 0.415. The Morgan fingerprint density at radius 3 is 2.48 bits per heavy atom. The van der Waals surface area contributed by atoms with E-state index < -0.39 is 5.82 Å². The molecule has 1 aliphatic carbocycles. The second-order valence-corrected chi connectivity index (χ2v) is 8.06. The van der Waals surface area contributed by atoms with Crippen LogP contribution in [-0.2, 0) is 12.8 Å². The van der Waals surface area contributed by atoms with Gasteiger partial charge in [-0.05, 0) is 84.5 Å². The Hall–Kier alpha value is -3.71. The molecule has 0 bridgehead atoms. The summed E-state index contributed by atoms with van der Waals surface area (Å²) in [4.78, 5) is 0. The first-order valence-corrected chi connectivity index (χ1v) is 11.3. The van der Waals surface area contributed by atoms with Gasteiger partial charge in [-0.1, -0.05) is 49.8 Å². The molecule has 0 saturated carbocycles. The van der Waals surface area contributed by atoms with Gasteiger partial charge >= 0.3 is 0 Å². The number of nitrogens with zero attached hydrogens (tertiary/aromatic N) is 2. The summed E-state index contributed by atoms with van der Waals surface area (Å²) in [5, 5.41) is 8.13. The summed E-state index contributed by atoms with van der Waals surface area (Å²) >= 11 is 0. The zero-order chi connectivity index (χ0) is 23.2. The van der Waals surface area contributed by atoms with Crippen molar-refractivity contribution >= 4 is 17.5 Å². The standard InChI is InChI=1S/C29H27FN2O/c1-4-6-21-17-23-11-10-22(26(5-2)27(23)18-21)9-7-20-8-16-29(28(30)19-20)32-31-24-12-14-25(33-3)15-13-24/h8,10-16,18-19H,4-6,17H2,1-3H3. The van der Waals surface area contributed by atoms with Gasteiger partial charge < -0.3 is 4.74 Å². The Morgan fingerprint density at radius 1 is 0.970 bits per heavy atom. The molecule has 4 heteroatoms. The summed E-state index contributed by atoms with van der Waals surface area (Å²) in [6.07, 6.45) is 6.60. The van der Waals surface area contributed by atoms with Gasteiger partial charge in [-0.25, -0.2) is 4.39 Å². The highest BCUT2D eigenvalue weighted by Gasteiger charge is 2.16. The second kappa shape index (κ2) is 10.3. The van der Waals surface area contributed by atoms with E-state index in [1.54, 1.807) is 43.5 Å². The van der Waals surface area contributed by atoms with Gasteiger partial charge in [0.2, 0.25) is 0 Å². The van der Waals surface area contributed by atoms with Gasteiger partial charge in [-0.15, -0.1) is 5.11 Å². The molecule has 0 atom stereocenters. The molecule has 0 heterocycles. The Kier molecular flexibility index (Phi) is 7.00. The molecule has 0 aliphatic heterocycles. The maximum Gasteiger partial charge on any atom is 0.151 e. The van der Waals surface area contributed by atoms with Crippen molar-refractivity contribution in [2.45, 2.75) is 39.5 Å². The average molecular weight is 439 g/mol. The van der Waals surface area contributed by atoms with Crippen molar-refractivity contribution in [3.8, 4) is 17.6 Å². The molecular formula is C29H27FN2O. The van der Waals surface area contributed by atoms with Crippen LogP contribution in [0.3, 0.4) is 0 Å². The summed E-state index contributed by atoms with van der Waals surface area (Å²) in [6, 6.07) is 16.2. The lowest BCUT2D eigenvalue weighted by Gasteiger charge is -2.08. The first kappa shape index (κ1) is 22.5. The van der Waals surface area contributed by atoms with Crippen LogP contribution in [0.4, 0.5) is 15.8 Å². The average Bonchev–Trinajstić information content (AvgIpc) is 3.25. The van der Waals surface area contributed by atoms with Gasteiger partial charge in [0.1, 0.15) is 11.4 Å². The number of benzene rings is 3. The number of hydrogen-bond acceptors (Lipinski definition) is 3. The highest BCUT2D eigenvalue weighted by atomic mass is 19.1. The van der Waals surface area contributed by atoms with Crippen molar-refractivity contribution < 1.29 is 9.13 Å². The van der Waals surface area contributed by atoms with E-state index in [2.05, 4.69) is 54.1 Å². The molecule has 0 aromatic heterocycles. The van der Waals surface area contributed by atoms with Crippen LogP contribution in [0.25, 0.3) is 6.08 Å². The smallest absolute Gasteiger partial charge is 0.151 e. The summed E-state index contributed by atoms with van der Waals surface area (Å²) in [7, 11) is 1.60. The van der Waals surface area contributed by atoms with Crippen LogP contribution in [0.15, 0.2) is 70.4 Å². The molecular weight excluding hydrogens is 411 g/mol. The fraction of sp³-hybridized carbons (Fsp3) is 0.241. The predicted octanol–water partition coefficient (Wildman–Crippen LogP) is 7.95. The predicted molar refractivity (Wildman–Crippen MR) is 132 cm³/mol. The van der Waals surface area contributed by atoms with Crippen LogP contribution in [0.5, 0.6) is 5.75 Å². The van der Waals surface area contributed by atoms with Gasteiger partial charge in [0.15, 0.2) is 5.82 Å². The van der Waals surface area contributed by atoms with E-state index in [-0.39, 0.29) is 5.69 Å². The van der Waals surface area contributed by atoms with Crippen molar-refractivity contribution in [3.05, 3.63) is 93.8 Å². The molecule has 0 unspecified atom stereocenters. The SMILES string of the molecule is CCCC1=Cc2c(ccc(C#Cc3ccc(N=Nc4ccc(OC)cc4)c(F)c3)c2CC)C1. The quantitative estimate of drug-likeness (QED) is 0.284. The second-order valence-electron chi connectivity index (χ2n) is 8.06. The lowest BCUT2D eigenvalue weighted by atomic mass is 9.96. The van der Waals surface area contributed by atoms with Crippen LogP contribution in [0.2, 0.25) is 0 Å². The summed E-state index contributed by atoms with van der Waals surface area (Å²) in [6.45, 7) is 4.38. The van der Waals surface area contributed by atoms with E-state index in [9.17, 15) is 4.39 Å². The minimum Gasteiger partial charge on any atom is -0.497 e. The number of ether oxygens (including phenoxy) is 1. The molecule has 0 radical (unpaired) electrons. The minimum absolute atomic E-state index is 0.178. The van der Waals surface area contributed by atoms with E-state index in [0.717, 1.165) is 37.0 Å². The van der Waals surface area contributed by atoms with Crippen molar-refractivity contribution in [3.63, 3.8) is 0 Å². The van der Waals surface area contributed by atoms with Crippen molar-refractivity contribution in [1.29, 1.82) is 0 Å². The van der Waals surface area contributed by atoms with Crippen LogP contribution >= 0.6 is 0 Å². The summed E-state index contributed by atoms with van der Waals surface area (Å²) < 4.78 is 19.7. The molecule has 0 fully saturated rings. The lowest BCUT2D eigenvalue weighted by Crippen LogP contribution is -1.95. The normalized spacial score (nSPS) is 12.3. The van der Waals surface area contributed by atoms with Gasteiger partial charge in [0.05, 0.1) is 12.8 Å². The molecule has 33 heavy (non-hydrogen) atoms. The first-order valence-electron chi connectivity index (χ1n) is 11.3. The van der Waals surface area contributed by atoms with Gasteiger partial charge in [-0.3, -0.25) is 0 Å². The molecule has 166 valence electrons. The molecule has 0 N–H and O–H groups in total. The van der Waals surface area contributed by atoms with Crippen molar-refractivity contribution in [1.82, 2.24) is 0 Å². The third kappa shape index (κ3) is 5.21. The van der Waals surface area contributed by atoms with E-state index in [1.165, 1.54) is 28.3 Å². The zero-order valence-electron chi connectivity index (χ0n) is 19.3. The third-order valence-corrected chi connectivity index (χ3v) is 5.77. The maximum absolute atomic E-state index is 14.6. The molecule has 1 aliphatic rings. The van der Waals surface area contributed by atoms with Crippen molar-refractivity contribution in [2.75, 3.05) is 7.11 Å². The Labute approximate surface area is 195 Å². The van der Waals surface area contributed by atoms with Crippen molar-refractivity contribution in [2.24, 2.45) is 10.2 Å². The number of hydrogen-bond donors (Lipinski definition) is 0. The fourth-order valence-corrected chi connectivity index (χ4v) is 4.09. The Morgan fingerprint density at radius 2 is 1.79 bits per heavy atom. The molecule has 3 aromatic rings. The van der Waals surface area contributed by atoms with Crippen LogP contribution in [0, 0.1) is 17.7 Å². The van der Waals surface area contributed by atoms with Crippen LogP contribution in [-0.4, -0.2) is 7.11 Å². The van der Waals surface area contributed by atoms with Gasteiger partial charge in [0.25, 0.3) is 0 Å². The van der Waals surface area contributed by atoms with E-state index in [0.29, 0.717) is 11.3 Å². The van der Waals surface area contributed by atoms with Crippen LogP contribution < -0.4 is 4.74 Å². The summed E-state index contributed by atoms with van der Waals surface area (Å²) in [5.74, 6) is 6.66. The summed E-state index contributed by atoms with van der Waals surface area (Å²) in [5.41, 5.74) is 7.90. The van der Waals surface area contributed by atoms with Crippen LogP contribution in [0.1, 0.15) is 54.5 Å². The van der Waals surface area contributed by atoms with E-state index >= 15 is 0 Å². The maximum atomic E-state index is 14.6. The Bertz CT molecular complexity index is 1280. The number of fused-ring (bicyclic) bond motifs is 1. The number of azo groups is 1. The number of allylic oxidation sites excluding steroid dienone is 1. The minimum atomic E-state index is -0.448.